The Labute approximate surface area is 114 Å². The number of ether oxygens (including phenoxy) is 1. The van der Waals surface area contributed by atoms with Crippen molar-refractivity contribution in [2.75, 3.05) is 11.5 Å². The first-order valence-electron chi connectivity index (χ1n) is 6.72. The van der Waals surface area contributed by atoms with E-state index in [0.717, 1.165) is 12.2 Å². The quantitative estimate of drug-likeness (QED) is 0.859. The van der Waals surface area contributed by atoms with E-state index in [9.17, 15) is 8.42 Å². The first kappa shape index (κ1) is 14.3. The van der Waals surface area contributed by atoms with Gasteiger partial charge in [0.2, 0.25) is 0 Å². The molecule has 5 heteroatoms. The van der Waals surface area contributed by atoms with Crippen LogP contribution in [0.15, 0.2) is 24.3 Å². The summed E-state index contributed by atoms with van der Waals surface area (Å²) in [6.45, 7) is 1.67. The number of rotatable bonds is 6. The fraction of sp³-hybridized carbons (Fsp3) is 0.571. The lowest BCUT2D eigenvalue weighted by molar-refractivity contribution is 0.193. The molecule has 19 heavy (non-hydrogen) atoms. The zero-order chi connectivity index (χ0) is 13.9. The highest BCUT2D eigenvalue weighted by Gasteiger charge is 2.27. The molecule has 0 amide bonds. The summed E-state index contributed by atoms with van der Waals surface area (Å²) in [6, 6.07) is 7.82. The molecule has 0 spiro atoms. The largest absolute Gasteiger partial charge is 0.488 e. The van der Waals surface area contributed by atoms with Crippen LogP contribution in [0.3, 0.4) is 0 Å². The molecule has 0 radical (unpaired) electrons. The van der Waals surface area contributed by atoms with Crippen LogP contribution >= 0.6 is 0 Å². The maximum Gasteiger partial charge on any atom is 0.150 e. The van der Waals surface area contributed by atoms with Crippen LogP contribution in [0.25, 0.3) is 0 Å². The SMILES string of the molecule is CCS(=O)(=O)CCCC(N)C1Cc2ccccc2O1. The first-order valence-corrected chi connectivity index (χ1v) is 8.54. The van der Waals surface area contributed by atoms with Gasteiger partial charge in [0.15, 0.2) is 0 Å². The monoisotopic (exact) mass is 283 g/mol. The van der Waals surface area contributed by atoms with E-state index in [0.29, 0.717) is 12.8 Å². The molecule has 106 valence electrons. The van der Waals surface area contributed by atoms with E-state index in [-0.39, 0.29) is 23.7 Å². The lowest BCUT2D eigenvalue weighted by Gasteiger charge is -2.18. The molecule has 0 aliphatic carbocycles. The zero-order valence-electron chi connectivity index (χ0n) is 11.2. The molecule has 1 heterocycles. The van der Waals surface area contributed by atoms with E-state index in [2.05, 4.69) is 0 Å². The van der Waals surface area contributed by atoms with Gasteiger partial charge in [-0.2, -0.15) is 0 Å². The third-order valence-corrected chi connectivity index (χ3v) is 5.37. The van der Waals surface area contributed by atoms with Crippen LogP contribution < -0.4 is 10.5 Å². The van der Waals surface area contributed by atoms with Gasteiger partial charge in [-0.3, -0.25) is 0 Å². The maximum atomic E-state index is 11.4. The standard InChI is InChI=1S/C14H21NO3S/c1-2-19(16,17)9-5-7-12(15)14-10-11-6-3-4-8-13(11)18-14/h3-4,6,8,12,14H,2,5,7,9-10,15H2,1H3. The van der Waals surface area contributed by atoms with Crippen molar-refractivity contribution in [3.8, 4) is 5.75 Å². The summed E-state index contributed by atoms with van der Waals surface area (Å²) in [5.41, 5.74) is 7.29. The molecule has 1 aromatic carbocycles. The number of hydrogen-bond acceptors (Lipinski definition) is 4. The molecule has 0 fully saturated rings. The minimum absolute atomic E-state index is 0.0262. The van der Waals surface area contributed by atoms with Crippen LogP contribution in [0.2, 0.25) is 0 Å². The molecule has 1 aliphatic heterocycles. The second-order valence-corrected chi connectivity index (χ2v) is 7.48. The lowest BCUT2D eigenvalue weighted by Crippen LogP contribution is -2.38. The van der Waals surface area contributed by atoms with E-state index in [4.69, 9.17) is 10.5 Å². The second-order valence-electron chi connectivity index (χ2n) is 5.01. The summed E-state index contributed by atoms with van der Waals surface area (Å²) in [7, 11) is -2.89. The third kappa shape index (κ3) is 3.70. The Morgan fingerprint density at radius 3 is 2.84 bits per heavy atom. The number of fused-ring (bicyclic) bond motifs is 1. The maximum absolute atomic E-state index is 11.4. The molecule has 2 rings (SSSR count). The Kier molecular flexibility index (Phi) is 4.47. The number of para-hydroxylation sites is 1. The average Bonchev–Trinajstić information content (AvgIpc) is 2.82. The molecular formula is C14H21NO3S. The van der Waals surface area contributed by atoms with Crippen LogP contribution in [-0.4, -0.2) is 32.1 Å². The molecule has 1 aromatic rings. The molecule has 4 nitrogen and oxygen atoms in total. The Hall–Kier alpha value is -1.07. The Balaban J connectivity index is 1.82. The summed E-state index contributed by atoms with van der Waals surface area (Å²) in [6.07, 6.45) is 2.07. The number of benzene rings is 1. The lowest BCUT2D eigenvalue weighted by atomic mass is 10.0. The van der Waals surface area contributed by atoms with Crippen molar-refractivity contribution in [1.82, 2.24) is 0 Å². The van der Waals surface area contributed by atoms with Gasteiger partial charge in [0.05, 0.1) is 5.75 Å². The molecular weight excluding hydrogens is 262 g/mol. The van der Waals surface area contributed by atoms with Gasteiger partial charge in [-0.1, -0.05) is 25.1 Å². The van der Waals surface area contributed by atoms with E-state index >= 15 is 0 Å². The van der Waals surface area contributed by atoms with Gasteiger partial charge in [-0.05, 0) is 24.5 Å². The van der Waals surface area contributed by atoms with Crippen molar-refractivity contribution >= 4 is 9.84 Å². The van der Waals surface area contributed by atoms with Crippen molar-refractivity contribution < 1.29 is 13.2 Å². The van der Waals surface area contributed by atoms with Crippen molar-refractivity contribution in [3.63, 3.8) is 0 Å². The highest BCUT2D eigenvalue weighted by molar-refractivity contribution is 7.91. The summed E-state index contributed by atoms with van der Waals surface area (Å²) < 4.78 is 28.6. The van der Waals surface area contributed by atoms with Gasteiger partial charge in [0.1, 0.15) is 21.7 Å². The zero-order valence-corrected chi connectivity index (χ0v) is 12.0. The van der Waals surface area contributed by atoms with Gasteiger partial charge in [-0.15, -0.1) is 0 Å². The van der Waals surface area contributed by atoms with E-state index in [1.54, 1.807) is 6.92 Å². The van der Waals surface area contributed by atoms with Gasteiger partial charge in [0, 0.05) is 18.2 Å². The molecule has 2 N–H and O–H groups in total. The van der Waals surface area contributed by atoms with Gasteiger partial charge >= 0.3 is 0 Å². The average molecular weight is 283 g/mol. The van der Waals surface area contributed by atoms with E-state index in [1.807, 2.05) is 24.3 Å². The molecule has 0 bridgehead atoms. The van der Waals surface area contributed by atoms with Crippen LogP contribution in [0, 0.1) is 0 Å². The minimum atomic E-state index is -2.89. The van der Waals surface area contributed by atoms with Gasteiger partial charge < -0.3 is 10.5 Å². The van der Waals surface area contributed by atoms with Gasteiger partial charge in [-0.25, -0.2) is 8.42 Å². The van der Waals surface area contributed by atoms with Crippen molar-refractivity contribution in [2.45, 2.75) is 38.3 Å². The van der Waals surface area contributed by atoms with Crippen LogP contribution in [-0.2, 0) is 16.3 Å². The fourth-order valence-corrected chi connectivity index (χ4v) is 3.21. The van der Waals surface area contributed by atoms with E-state index in [1.165, 1.54) is 5.56 Å². The topological polar surface area (TPSA) is 69.4 Å². The molecule has 1 aliphatic rings. The first-order chi connectivity index (χ1) is 9.02. The number of hydrogen-bond donors (Lipinski definition) is 1. The van der Waals surface area contributed by atoms with Crippen LogP contribution in [0.5, 0.6) is 5.75 Å². The second kappa shape index (κ2) is 5.92. The number of nitrogens with two attached hydrogens (primary N) is 1. The van der Waals surface area contributed by atoms with Crippen LogP contribution in [0.4, 0.5) is 0 Å². The summed E-state index contributed by atoms with van der Waals surface area (Å²) >= 11 is 0. The Bertz CT molecular complexity index is 502. The number of sulfone groups is 1. The highest BCUT2D eigenvalue weighted by Crippen LogP contribution is 2.29. The summed E-state index contributed by atoms with van der Waals surface area (Å²) in [5, 5.41) is 0. The molecule has 0 saturated carbocycles. The third-order valence-electron chi connectivity index (χ3n) is 3.58. The van der Waals surface area contributed by atoms with Crippen molar-refractivity contribution in [3.05, 3.63) is 29.8 Å². The predicted molar refractivity (Wildman–Crippen MR) is 76.1 cm³/mol. The fourth-order valence-electron chi connectivity index (χ4n) is 2.32. The predicted octanol–water partition coefficient (Wildman–Crippen LogP) is 1.53. The van der Waals surface area contributed by atoms with E-state index < -0.39 is 9.84 Å². The smallest absolute Gasteiger partial charge is 0.150 e. The minimum Gasteiger partial charge on any atom is -0.488 e. The van der Waals surface area contributed by atoms with Gasteiger partial charge in [0.25, 0.3) is 0 Å². The molecule has 2 unspecified atom stereocenters. The molecule has 2 atom stereocenters. The molecule has 0 aromatic heterocycles. The Morgan fingerprint density at radius 2 is 2.16 bits per heavy atom. The summed E-state index contributed by atoms with van der Waals surface area (Å²) in [4.78, 5) is 0. The normalized spacial score (nSPS) is 19.8. The van der Waals surface area contributed by atoms with Crippen molar-refractivity contribution in [1.29, 1.82) is 0 Å². The summed E-state index contributed by atoms with van der Waals surface area (Å²) in [5.74, 6) is 1.33. The molecule has 0 saturated heterocycles. The highest BCUT2D eigenvalue weighted by atomic mass is 32.2. The van der Waals surface area contributed by atoms with Crippen LogP contribution in [0.1, 0.15) is 25.3 Å². The van der Waals surface area contributed by atoms with Crippen molar-refractivity contribution in [2.24, 2.45) is 5.73 Å². The Morgan fingerprint density at radius 1 is 1.42 bits per heavy atom.